The number of fused-ring (bicyclic) bond motifs is 1. The molecule has 1 aliphatic carbocycles. The van der Waals surface area contributed by atoms with Crippen LogP contribution in [0, 0.1) is 5.92 Å². The molecule has 2 heterocycles. The van der Waals surface area contributed by atoms with Gasteiger partial charge in [0.15, 0.2) is 5.58 Å². The summed E-state index contributed by atoms with van der Waals surface area (Å²) >= 11 is 0. The summed E-state index contributed by atoms with van der Waals surface area (Å²) in [7, 11) is 0. The van der Waals surface area contributed by atoms with Crippen molar-refractivity contribution < 1.29 is 19.1 Å². The molecule has 1 unspecified atom stereocenters. The Morgan fingerprint density at radius 2 is 2.04 bits per heavy atom. The van der Waals surface area contributed by atoms with Crippen LogP contribution in [0.4, 0.5) is 6.01 Å². The maximum atomic E-state index is 12.4. The smallest absolute Gasteiger partial charge is 0.335 e. The van der Waals surface area contributed by atoms with E-state index in [1.165, 1.54) is 12.1 Å². The average Bonchev–Trinajstić information content (AvgIpc) is 3.30. The number of anilines is 1. The van der Waals surface area contributed by atoms with Gasteiger partial charge >= 0.3 is 5.97 Å². The summed E-state index contributed by atoms with van der Waals surface area (Å²) in [6.45, 7) is 2.61. The Balaban J connectivity index is 1.39. The van der Waals surface area contributed by atoms with Gasteiger partial charge in [-0.05, 0) is 37.0 Å². The molecule has 7 nitrogen and oxygen atoms in total. The van der Waals surface area contributed by atoms with E-state index in [0.29, 0.717) is 55.6 Å². The molecule has 4 rings (SSSR count). The maximum Gasteiger partial charge on any atom is 0.335 e. The van der Waals surface area contributed by atoms with Gasteiger partial charge in [-0.1, -0.05) is 12.2 Å². The number of oxazole rings is 1. The van der Waals surface area contributed by atoms with Crippen LogP contribution < -0.4 is 4.90 Å². The molecular formula is C19H21N3O4. The van der Waals surface area contributed by atoms with Crippen LogP contribution >= 0.6 is 0 Å². The second-order valence-electron chi connectivity index (χ2n) is 6.82. The number of allylic oxidation sites excluding steroid dienone is 2. The fourth-order valence-electron chi connectivity index (χ4n) is 3.55. The number of nitrogens with zero attached hydrogens (tertiary/aromatic N) is 3. The molecule has 2 aromatic rings. The van der Waals surface area contributed by atoms with E-state index in [1.807, 2.05) is 9.80 Å². The molecule has 0 radical (unpaired) electrons. The first kappa shape index (κ1) is 16.6. The topological polar surface area (TPSA) is 86.9 Å². The van der Waals surface area contributed by atoms with Crippen molar-refractivity contribution in [3.8, 4) is 0 Å². The van der Waals surface area contributed by atoms with E-state index in [9.17, 15) is 9.59 Å². The second kappa shape index (κ2) is 6.82. The zero-order valence-corrected chi connectivity index (χ0v) is 14.4. The van der Waals surface area contributed by atoms with Crippen molar-refractivity contribution in [2.24, 2.45) is 5.92 Å². The first-order chi connectivity index (χ1) is 12.6. The predicted octanol–water partition coefficient (Wildman–Crippen LogP) is 2.53. The van der Waals surface area contributed by atoms with E-state index in [1.54, 1.807) is 6.07 Å². The number of aromatic nitrogens is 1. The molecule has 1 atom stereocenters. The summed E-state index contributed by atoms with van der Waals surface area (Å²) in [4.78, 5) is 31.8. The Morgan fingerprint density at radius 1 is 1.23 bits per heavy atom. The molecule has 1 N–H and O–H groups in total. The molecule has 1 aromatic heterocycles. The number of benzene rings is 1. The van der Waals surface area contributed by atoms with Crippen molar-refractivity contribution in [3.05, 3.63) is 35.9 Å². The number of carboxylic acid groups (broad SMARTS) is 1. The summed E-state index contributed by atoms with van der Waals surface area (Å²) in [5, 5.41) is 9.07. The third-order valence-corrected chi connectivity index (χ3v) is 5.08. The molecule has 1 aromatic carbocycles. The van der Waals surface area contributed by atoms with Crippen molar-refractivity contribution in [3.63, 3.8) is 0 Å². The molecule has 136 valence electrons. The van der Waals surface area contributed by atoms with Crippen molar-refractivity contribution in [1.29, 1.82) is 0 Å². The summed E-state index contributed by atoms with van der Waals surface area (Å²) in [6, 6.07) is 5.13. The summed E-state index contributed by atoms with van der Waals surface area (Å²) < 4.78 is 5.75. The lowest BCUT2D eigenvalue weighted by molar-refractivity contribution is -0.132. The lowest BCUT2D eigenvalue weighted by Gasteiger charge is -2.34. The van der Waals surface area contributed by atoms with E-state index in [2.05, 4.69) is 17.1 Å². The molecule has 2 aliphatic rings. The van der Waals surface area contributed by atoms with Gasteiger partial charge in [0, 0.05) is 32.6 Å². The number of amides is 1. The van der Waals surface area contributed by atoms with Crippen molar-refractivity contribution in [2.45, 2.75) is 19.3 Å². The van der Waals surface area contributed by atoms with Crippen molar-refractivity contribution >= 4 is 29.0 Å². The molecule has 0 saturated carbocycles. The number of hydrogen-bond acceptors (Lipinski definition) is 5. The number of carboxylic acids is 1. The van der Waals surface area contributed by atoms with E-state index >= 15 is 0 Å². The lowest BCUT2D eigenvalue weighted by Crippen LogP contribution is -2.49. The number of aromatic carboxylic acids is 1. The highest BCUT2D eigenvalue weighted by Crippen LogP contribution is 2.25. The summed E-state index contributed by atoms with van der Waals surface area (Å²) in [5.74, 6) is -0.383. The molecule has 1 aliphatic heterocycles. The first-order valence-electron chi connectivity index (χ1n) is 8.93. The van der Waals surface area contributed by atoms with Gasteiger partial charge in [-0.25, -0.2) is 4.79 Å². The second-order valence-corrected chi connectivity index (χ2v) is 6.82. The molecule has 26 heavy (non-hydrogen) atoms. The zero-order chi connectivity index (χ0) is 18.1. The summed E-state index contributed by atoms with van der Waals surface area (Å²) in [5.41, 5.74) is 1.29. The monoisotopic (exact) mass is 355 g/mol. The Hall–Kier alpha value is -2.83. The number of carbonyl (C=O) groups is 2. The largest absolute Gasteiger partial charge is 0.478 e. The lowest BCUT2D eigenvalue weighted by atomic mass is 10.0. The van der Waals surface area contributed by atoms with Gasteiger partial charge in [0.25, 0.3) is 6.01 Å². The number of rotatable bonds is 4. The van der Waals surface area contributed by atoms with E-state index in [-0.39, 0.29) is 11.5 Å². The molecule has 0 spiro atoms. The zero-order valence-electron chi connectivity index (χ0n) is 14.4. The fourth-order valence-corrected chi connectivity index (χ4v) is 3.55. The Morgan fingerprint density at radius 3 is 2.73 bits per heavy atom. The average molecular weight is 355 g/mol. The maximum absolute atomic E-state index is 12.4. The van der Waals surface area contributed by atoms with Crippen LogP contribution in [0.15, 0.2) is 34.8 Å². The highest BCUT2D eigenvalue weighted by Gasteiger charge is 2.25. The molecular weight excluding hydrogens is 334 g/mol. The number of piperazine rings is 1. The van der Waals surface area contributed by atoms with Crippen molar-refractivity contribution in [1.82, 2.24) is 9.88 Å². The van der Waals surface area contributed by atoms with Crippen LogP contribution in [0.2, 0.25) is 0 Å². The van der Waals surface area contributed by atoms with Crippen LogP contribution in [0.1, 0.15) is 29.6 Å². The van der Waals surface area contributed by atoms with Gasteiger partial charge in [-0.2, -0.15) is 4.98 Å². The number of hydrogen-bond donors (Lipinski definition) is 1. The molecule has 7 heteroatoms. The summed E-state index contributed by atoms with van der Waals surface area (Å²) in [6.07, 6.45) is 7.05. The minimum atomic E-state index is -0.985. The van der Waals surface area contributed by atoms with Gasteiger partial charge in [0.2, 0.25) is 5.91 Å². The Kier molecular flexibility index (Phi) is 4.36. The molecule has 1 amide bonds. The Labute approximate surface area is 150 Å². The Bertz CT molecular complexity index is 865. The van der Waals surface area contributed by atoms with E-state index in [0.717, 1.165) is 12.8 Å². The van der Waals surface area contributed by atoms with Crippen LogP contribution in [0.25, 0.3) is 11.1 Å². The van der Waals surface area contributed by atoms with Crippen LogP contribution in [0.3, 0.4) is 0 Å². The van der Waals surface area contributed by atoms with Gasteiger partial charge in [-0.15, -0.1) is 0 Å². The normalized spacial score (nSPS) is 20.1. The predicted molar refractivity (Wildman–Crippen MR) is 96.2 cm³/mol. The van der Waals surface area contributed by atoms with Crippen molar-refractivity contribution in [2.75, 3.05) is 31.1 Å². The van der Waals surface area contributed by atoms with Crippen LogP contribution in [-0.4, -0.2) is 53.0 Å². The minimum absolute atomic E-state index is 0.189. The van der Waals surface area contributed by atoms with Gasteiger partial charge in [0.05, 0.1) is 5.56 Å². The highest BCUT2D eigenvalue weighted by atomic mass is 16.4. The first-order valence-corrected chi connectivity index (χ1v) is 8.93. The van der Waals surface area contributed by atoms with Crippen LogP contribution in [-0.2, 0) is 4.79 Å². The number of carbonyl (C=O) groups excluding carboxylic acids is 1. The standard InChI is InChI=1S/C19H21N3O4/c23-17(11-13-3-1-2-4-13)21-7-9-22(10-8-21)19-20-15-12-14(18(24)25)5-6-16(15)26-19/h1,3,5-6,12-13H,2,4,7-11H2,(H,24,25). The van der Waals surface area contributed by atoms with Gasteiger partial charge in [0.1, 0.15) is 5.52 Å². The van der Waals surface area contributed by atoms with Gasteiger partial charge in [-0.3, -0.25) is 4.79 Å². The van der Waals surface area contributed by atoms with E-state index in [4.69, 9.17) is 9.52 Å². The third kappa shape index (κ3) is 3.29. The van der Waals surface area contributed by atoms with E-state index < -0.39 is 5.97 Å². The van der Waals surface area contributed by atoms with Crippen LogP contribution in [0.5, 0.6) is 0 Å². The quantitative estimate of drug-likeness (QED) is 0.848. The minimum Gasteiger partial charge on any atom is -0.478 e. The third-order valence-electron chi connectivity index (χ3n) is 5.08. The highest BCUT2D eigenvalue weighted by molar-refractivity contribution is 5.92. The molecule has 1 saturated heterocycles. The van der Waals surface area contributed by atoms with Gasteiger partial charge < -0.3 is 19.3 Å². The molecule has 0 bridgehead atoms. The SMILES string of the molecule is O=C(O)c1ccc2oc(N3CCN(C(=O)CC4C=CCC4)CC3)nc2c1. The fraction of sp³-hybridized carbons (Fsp3) is 0.421. The molecule has 1 fully saturated rings.